The van der Waals surface area contributed by atoms with Gasteiger partial charge in [0.25, 0.3) is 0 Å². The van der Waals surface area contributed by atoms with E-state index in [0.29, 0.717) is 22.3 Å². The van der Waals surface area contributed by atoms with Gasteiger partial charge in [-0.1, -0.05) is 23.9 Å². The molecule has 0 spiro atoms. The van der Waals surface area contributed by atoms with Gasteiger partial charge in [0.05, 0.1) is 36.7 Å². The van der Waals surface area contributed by atoms with Crippen molar-refractivity contribution in [3.63, 3.8) is 0 Å². The second-order valence-electron chi connectivity index (χ2n) is 8.80. The number of likely N-dealkylation sites (tertiary alicyclic amines) is 1. The minimum absolute atomic E-state index is 0.0836. The first kappa shape index (κ1) is 24.9. The summed E-state index contributed by atoms with van der Waals surface area (Å²) < 4.78 is 12.5. The highest BCUT2D eigenvalue weighted by Crippen LogP contribution is 2.30. The van der Waals surface area contributed by atoms with Gasteiger partial charge >= 0.3 is 0 Å². The number of hydrogen-bond donors (Lipinski definition) is 1. The predicted octanol–water partition coefficient (Wildman–Crippen LogP) is 4.57. The summed E-state index contributed by atoms with van der Waals surface area (Å²) in [5.41, 5.74) is 2.22. The summed E-state index contributed by atoms with van der Waals surface area (Å²) >= 11 is 1.31. The minimum atomic E-state index is -0.204. The number of ether oxygens (including phenoxy) is 2. The maximum atomic E-state index is 13.4. The van der Waals surface area contributed by atoms with Crippen molar-refractivity contribution in [3.05, 3.63) is 42.5 Å². The number of aromatic nitrogens is 2. The largest absolute Gasteiger partial charge is 0.497 e. The first-order valence-corrected chi connectivity index (χ1v) is 12.8. The average molecular weight is 497 g/mol. The van der Waals surface area contributed by atoms with E-state index in [0.717, 1.165) is 30.3 Å². The number of para-hydroxylation sites is 2. The van der Waals surface area contributed by atoms with Crippen LogP contribution in [-0.2, 0) is 16.1 Å². The Labute approximate surface area is 210 Å². The molecule has 2 aromatic carbocycles. The smallest absolute Gasteiger partial charge is 0.243 e. The summed E-state index contributed by atoms with van der Waals surface area (Å²) in [6.45, 7) is 4.43. The number of rotatable bonds is 8. The highest BCUT2D eigenvalue weighted by Gasteiger charge is 2.29. The van der Waals surface area contributed by atoms with Crippen LogP contribution in [0, 0.1) is 0 Å². The first-order valence-electron chi connectivity index (χ1n) is 11.8. The average Bonchev–Trinajstić information content (AvgIpc) is 3.19. The van der Waals surface area contributed by atoms with Crippen molar-refractivity contribution in [3.8, 4) is 11.5 Å². The fourth-order valence-electron chi connectivity index (χ4n) is 4.67. The monoisotopic (exact) mass is 496 g/mol. The number of hydrogen-bond acceptors (Lipinski definition) is 6. The summed E-state index contributed by atoms with van der Waals surface area (Å²) in [5.74, 6) is 1.18. The Morgan fingerprint density at radius 3 is 2.54 bits per heavy atom. The molecule has 2 atom stereocenters. The van der Waals surface area contributed by atoms with Gasteiger partial charge in [-0.3, -0.25) is 9.59 Å². The molecular weight excluding hydrogens is 464 g/mol. The lowest BCUT2D eigenvalue weighted by Gasteiger charge is -2.39. The third-order valence-corrected chi connectivity index (χ3v) is 7.38. The number of nitrogens with one attached hydrogen (secondary N) is 1. The molecule has 3 aromatic rings. The van der Waals surface area contributed by atoms with Crippen molar-refractivity contribution >= 4 is 40.3 Å². The Balaban J connectivity index is 1.51. The van der Waals surface area contributed by atoms with E-state index in [9.17, 15) is 9.59 Å². The second-order valence-corrected chi connectivity index (χ2v) is 9.74. The number of nitrogens with zero attached hydrogens (tertiary/aromatic N) is 3. The zero-order chi connectivity index (χ0) is 24.9. The number of benzene rings is 2. The highest BCUT2D eigenvalue weighted by molar-refractivity contribution is 7.99. The molecule has 1 aromatic heterocycles. The molecule has 186 valence electrons. The molecule has 0 saturated carbocycles. The number of piperidine rings is 1. The number of imidazole rings is 1. The van der Waals surface area contributed by atoms with E-state index in [2.05, 4.69) is 19.2 Å². The lowest BCUT2D eigenvalue weighted by molar-refractivity contribution is -0.138. The van der Waals surface area contributed by atoms with E-state index in [4.69, 9.17) is 14.5 Å². The minimum Gasteiger partial charge on any atom is -0.497 e. The van der Waals surface area contributed by atoms with E-state index in [1.807, 2.05) is 33.7 Å². The Morgan fingerprint density at radius 2 is 1.83 bits per heavy atom. The first-order chi connectivity index (χ1) is 16.9. The van der Waals surface area contributed by atoms with Crippen LogP contribution < -0.4 is 14.8 Å². The molecule has 1 saturated heterocycles. The summed E-state index contributed by atoms with van der Waals surface area (Å²) in [7, 11) is 3.12. The predicted molar refractivity (Wildman–Crippen MR) is 138 cm³/mol. The Kier molecular flexibility index (Phi) is 7.85. The highest BCUT2D eigenvalue weighted by atomic mass is 32.2. The molecule has 0 aliphatic carbocycles. The van der Waals surface area contributed by atoms with Crippen LogP contribution in [-0.4, -0.2) is 58.3 Å². The van der Waals surface area contributed by atoms with Gasteiger partial charge in [0.15, 0.2) is 5.16 Å². The van der Waals surface area contributed by atoms with Crippen molar-refractivity contribution in [1.82, 2.24) is 14.5 Å². The number of anilines is 1. The zero-order valence-electron chi connectivity index (χ0n) is 20.6. The number of methoxy groups -OCH3 is 2. The fourth-order valence-corrected chi connectivity index (χ4v) is 5.49. The zero-order valence-corrected chi connectivity index (χ0v) is 21.4. The number of thioether (sulfide) groups is 1. The lowest BCUT2D eigenvalue weighted by atomic mass is 9.97. The maximum absolute atomic E-state index is 13.4. The number of amides is 2. The lowest BCUT2D eigenvalue weighted by Crippen LogP contribution is -2.48. The summed E-state index contributed by atoms with van der Waals surface area (Å²) in [6.07, 6.45) is 3.20. The van der Waals surface area contributed by atoms with Gasteiger partial charge in [0.2, 0.25) is 11.8 Å². The molecule has 8 nitrogen and oxygen atoms in total. The van der Waals surface area contributed by atoms with Crippen LogP contribution in [0.15, 0.2) is 47.6 Å². The van der Waals surface area contributed by atoms with Gasteiger partial charge < -0.3 is 24.3 Å². The quantitative estimate of drug-likeness (QED) is 0.460. The maximum Gasteiger partial charge on any atom is 0.243 e. The summed E-state index contributed by atoms with van der Waals surface area (Å²) in [4.78, 5) is 32.9. The van der Waals surface area contributed by atoms with Gasteiger partial charge in [0.1, 0.15) is 18.0 Å². The summed E-state index contributed by atoms with van der Waals surface area (Å²) in [5, 5.41) is 3.53. The van der Waals surface area contributed by atoms with Crippen LogP contribution in [0.5, 0.6) is 11.5 Å². The number of carbonyl (C=O) groups is 2. The van der Waals surface area contributed by atoms with Crippen molar-refractivity contribution in [2.75, 3.05) is 25.3 Å². The molecule has 1 aliphatic heterocycles. The van der Waals surface area contributed by atoms with Crippen LogP contribution in [0.4, 0.5) is 5.69 Å². The topological polar surface area (TPSA) is 85.7 Å². The molecule has 35 heavy (non-hydrogen) atoms. The number of carbonyl (C=O) groups excluding carboxylic acids is 2. The van der Waals surface area contributed by atoms with E-state index in [1.165, 1.54) is 11.8 Å². The Bertz CT molecular complexity index is 1200. The van der Waals surface area contributed by atoms with E-state index >= 15 is 0 Å². The normalized spacial score (nSPS) is 17.9. The van der Waals surface area contributed by atoms with Gasteiger partial charge in [0, 0.05) is 18.2 Å². The third-order valence-electron chi connectivity index (χ3n) is 6.41. The van der Waals surface area contributed by atoms with Crippen LogP contribution in [0.3, 0.4) is 0 Å². The van der Waals surface area contributed by atoms with Gasteiger partial charge in [-0.25, -0.2) is 4.98 Å². The van der Waals surface area contributed by atoms with Gasteiger partial charge in [-0.05, 0) is 57.4 Å². The van der Waals surface area contributed by atoms with Crippen LogP contribution >= 0.6 is 11.8 Å². The Morgan fingerprint density at radius 1 is 1.09 bits per heavy atom. The van der Waals surface area contributed by atoms with Gasteiger partial charge in [-0.15, -0.1) is 0 Å². The SMILES string of the molecule is COc1ccc(OC)c(NC(=O)CSc2nc3ccccc3n2CC(=O)N2[C@@H](C)CCC[C@@H]2C)c1. The molecule has 0 bridgehead atoms. The molecule has 1 fully saturated rings. The van der Waals surface area contributed by atoms with Crippen LogP contribution in [0.25, 0.3) is 11.0 Å². The van der Waals surface area contributed by atoms with Crippen molar-refractivity contribution in [1.29, 1.82) is 0 Å². The molecule has 1 N–H and O–H groups in total. The molecule has 2 heterocycles. The molecule has 0 radical (unpaired) electrons. The molecular formula is C26H32N4O4S. The van der Waals surface area contributed by atoms with E-state index < -0.39 is 0 Å². The number of fused-ring (bicyclic) bond motifs is 1. The van der Waals surface area contributed by atoms with E-state index in [-0.39, 0.29) is 36.2 Å². The third kappa shape index (κ3) is 5.56. The molecule has 0 unspecified atom stereocenters. The van der Waals surface area contributed by atoms with Gasteiger partial charge in [-0.2, -0.15) is 0 Å². The molecule has 1 aliphatic rings. The van der Waals surface area contributed by atoms with Crippen LogP contribution in [0.2, 0.25) is 0 Å². The second kappa shape index (κ2) is 11.0. The fraction of sp³-hybridized carbons (Fsp3) is 0.423. The van der Waals surface area contributed by atoms with Crippen molar-refractivity contribution < 1.29 is 19.1 Å². The van der Waals surface area contributed by atoms with Crippen molar-refractivity contribution in [2.45, 2.75) is 56.9 Å². The van der Waals surface area contributed by atoms with E-state index in [1.54, 1.807) is 32.4 Å². The van der Waals surface area contributed by atoms with Crippen molar-refractivity contribution in [2.24, 2.45) is 0 Å². The molecule has 9 heteroatoms. The Hall–Kier alpha value is -3.20. The molecule has 2 amide bonds. The van der Waals surface area contributed by atoms with Crippen LogP contribution in [0.1, 0.15) is 33.1 Å². The standard InChI is InChI=1S/C26H32N4O4S/c1-17-8-7-9-18(2)30(17)25(32)15-29-22-11-6-5-10-20(22)28-26(29)35-16-24(31)27-21-14-19(33-3)12-13-23(21)34-4/h5-6,10-14,17-18H,7-9,15-16H2,1-4H3,(H,27,31)/t17-,18-/m0/s1. The molecule has 4 rings (SSSR count). The summed E-state index contributed by atoms with van der Waals surface area (Å²) in [6, 6.07) is 13.4.